The van der Waals surface area contributed by atoms with Gasteiger partial charge in [-0.25, -0.2) is 19.9 Å². The smallest absolute Gasteiger partial charge is 0.138 e. The number of imidazole rings is 1. The van der Waals surface area contributed by atoms with Gasteiger partial charge in [0.1, 0.15) is 17.5 Å². The molecule has 3 aromatic rings. The van der Waals surface area contributed by atoms with E-state index in [4.69, 9.17) is 4.98 Å². The zero-order valence-electron chi connectivity index (χ0n) is 15.3. The average molecular weight is 348 g/mol. The molecular weight excluding hydrogens is 324 g/mol. The lowest BCUT2D eigenvalue weighted by Crippen LogP contribution is -2.24. The van der Waals surface area contributed by atoms with E-state index in [2.05, 4.69) is 49.5 Å². The van der Waals surface area contributed by atoms with Crippen molar-refractivity contribution >= 4 is 0 Å². The average Bonchev–Trinajstić information content (AvgIpc) is 3.33. The van der Waals surface area contributed by atoms with Gasteiger partial charge in [-0.05, 0) is 38.4 Å². The summed E-state index contributed by atoms with van der Waals surface area (Å²) < 4.78 is 2.08. The standard InChI is InChI=1S/C20H24N6/c1-3-19-21-9-11-26(19)20-8-4-6-17(24-20)18-7-5-10-25(18)14-16-12-22-15(2)23-13-16/h4,6,8-9,11-13,18H,3,5,7,10,14H2,1-2H3/t18-/m1/s1. The first kappa shape index (κ1) is 16.8. The van der Waals surface area contributed by atoms with Crippen molar-refractivity contribution in [2.24, 2.45) is 0 Å². The molecular formula is C20H24N6. The molecule has 134 valence electrons. The Kier molecular flexibility index (Phi) is 4.75. The van der Waals surface area contributed by atoms with Gasteiger partial charge in [-0.15, -0.1) is 0 Å². The molecule has 4 heterocycles. The highest BCUT2D eigenvalue weighted by Crippen LogP contribution is 2.32. The van der Waals surface area contributed by atoms with Crippen LogP contribution in [0.25, 0.3) is 5.82 Å². The summed E-state index contributed by atoms with van der Waals surface area (Å²) in [6.45, 7) is 5.97. The van der Waals surface area contributed by atoms with Gasteiger partial charge in [-0.1, -0.05) is 13.0 Å². The molecule has 1 aliphatic heterocycles. The Hall–Kier alpha value is -2.60. The van der Waals surface area contributed by atoms with Crippen LogP contribution in [0.1, 0.15) is 48.7 Å². The van der Waals surface area contributed by atoms with E-state index >= 15 is 0 Å². The van der Waals surface area contributed by atoms with Gasteiger partial charge in [0.25, 0.3) is 0 Å². The highest BCUT2D eigenvalue weighted by Gasteiger charge is 2.27. The van der Waals surface area contributed by atoms with Crippen LogP contribution in [0, 0.1) is 6.92 Å². The van der Waals surface area contributed by atoms with Crippen molar-refractivity contribution < 1.29 is 0 Å². The molecule has 0 unspecified atom stereocenters. The number of hydrogen-bond acceptors (Lipinski definition) is 5. The van der Waals surface area contributed by atoms with Gasteiger partial charge in [0.15, 0.2) is 0 Å². The Bertz CT molecular complexity index is 870. The predicted octanol–water partition coefficient (Wildman–Crippen LogP) is 3.27. The van der Waals surface area contributed by atoms with Crippen molar-refractivity contribution in [2.45, 2.75) is 45.7 Å². The maximum atomic E-state index is 4.96. The van der Waals surface area contributed by atoms with Crippen molar-refractivity contribution in [2.75, 3.05) is 6.54 Å². The normalized spacial score (nSPS) is 17.7. The van der Waals surface area contributed by atoms with Crippen molar-refractivity contribution in [1.29, 1.82) is 0 Å². The van der Waals surface area contributed by atoms with Crippen LogP contribution < -0.4 is 0 Å². The van der Waals surface area contributed by atoms with Gasteiger partial charge in [-0.2, -0.15) is 0 Å². The van der Waals surface area contributed by atoms with E-state index in [-0.39, 0.29) is 0 Å². The van der Waals surface area contributed by atoms with Crippen LogP contribution in [0.2, 0.25) is 0 Å². The van der Waals surface area contributed by atoms with Crippen LogP contribution in [-0.4, -0.2) is 35.9 Å². The maximum absolute atomic E-state index is 4.96. The van der Waals surface area contributed by atoms with Crippen LogP contribution >= 0.6 is 0 Å². The summed E-state index contributed by atoms with van der Waals surface area (Å²) in [5, 5.41) is 0. The number of pyridine rings is 1. The van der Waals surface area contributed by atoms with Gasteiger partial charge >= 0.3 is 0 Å². The second-order valence-corrected chi connectivity index (χ2v) is 6.75. The largest absolute Gasteiger partial charge is 0.290 e. The van der Waals surface area contributed by atoms with Crippen LogP contribution in [0.3, 0.4) is 0 Å². The van der Waals surface area contributed by atoms with Crippen LogP contribution in [0.15, 0.2) is 43.0 Å². The minimum absolute atomic E-state index is 0.338. The van der Waals surface area contributed by atoms with Gasteiger partial charge in [0, 0.05) is 43.3 Å². The fourth-order valence-corrected chi connectivity index (χ4v) is 3.65. The lowest BCUT2D eigenvalue weighted by atomic mass is 10.1. The first-order chi connectivity index (χ1) is 12.7. The molecule has 26 heavy (non-hydrogen) atoms. The molecule has 6 nitrogen and oxygen atoms in total. The van der Waals surface area contributed by atoms with E-state index in [0.29, 0.717) is 6.04 Å². The van der Waals surface area contributed by atoms with Gasteiger partial charge in [-0.3, -0.25) is 9.47 Å². The minimum Gasteiger partial charge on any atom is -0.290 e. The molecule has 0 bridgehead atoms. The van der Waals surface area contributed by atoms with Gasteiger partial charge < -0.3 is 0 Å². The second kappa shape index (κ2) is 7.33. The van der Waals surface area contributed by atoms with Gasteiger partial charge in [0.05, 0.1) is 11.7 Å². The highest BCUT2D eigenvalue weighted by atomic mass is 15.2. The van der Waals surface area contributed by atoms with E-state index in [1.54, 1.807) is 0 Å². The highest BCUT2D eigenvalue weighted by molar-refractivity contribution is 5.28. The fraction of sp³-hybridized carbons (Fsp3) is 0.400. The number of hydrogen-bond donors (Lipinski definition) is 0. The molecule has 6 heteroatoms. The Labute approximate surface area is 154 Å². The van der Waals surface area contributed by atoms with Crippen molar-refractivity contribution in [3.63, 3.8) is 0 Å². The molecule has 0 aliphatic carbocycles. The molecule has 3 aromatic heterocycles. The Morgan fingerprint density at radius 2 is 2.00 bits per heavy atom. The van der Waals surface area contributed by atoms with Crippen LogP contribution in [0.5, 0.6) is 0 Å². The number of aryl methyl sites for hydroxylation is 2. The molecule has 1 aliphatic rings. The molecule has 0 amide bonds. The van der Waals surface area contributed by atoms with E-state index in [9.17, 15) is 0 Å². The van der Waals surface area contributed by atoms with E-state index in [0.717, 1.165) is 54.7 Å². The topological polar surface area (TPSA) is 59.7 Å². The molecule has 1 saturated heterocycles. The quantitative estimate of drug-likeness (QED) is 0.708. The summed E-state index contributed by atoms with van der Waals surface area (Å²) in [6, 6.07) is 6.63. The molecule has 0 spiro atoms. The number of likely N-dealkylation sites (tertiary alicyclic amines) is 1. The van der Waals surface area contributed by atoms with Crippen LogP contribution in [0.4, 0.5) is 0 Å². The zero-order chi connectivity index (χ0) is 17.9. The van der Waals surface area contributed by atoms with Crippen LogP contribution in [-0.2, 0) is 13.0 Å². The summed E-state index contributed by atoms with van der Waals surface area (Å²) >= 11 is 0. The van der Waals surface area contributed by atoms with E-state index in [1.807, 2.05) is 31.7 Å². The fourth-order valence-electron chi connectivity index (χ4n) is 3.65. The van der Waals surface area contributed by atoms with Crippen molar-refractivity contribution in [3.8, 4) is 5.82 Å². The predicted molar refractivity (Wildman–Crippen MR) is 99.9 cm³/mol. The lowest BCUT2D eigenvalue weighted by Gasteiger charge is -2.24. The second-order valence-electron chi connectivity index (χ2n) is 6.75. The molecule has 0 saturated carbocycles. The third-order valence-corrected chi connectivity index (χ3v) is 4.96. The molecule has 0 N–H and O–H groups in total. The third kappa shape index (κ3) is 3.37. The number of rotatable bonds is 5. The monoisotopic (exact) mass is 348 g/mol. The summed E-state index contributed by atoms with van der Waals surface area (Å²) in [5.74, 6) is 2.80. The van der Waals surface area contributed by atoms with Crippen molar-refractivity contribution in [1.82, 2.24) is 29.4 Å². The Morgan fingerprint density at radius 3 is 2.81 bits per heavy atom. The first-order valence-electron chi connectivity index (χ1n) is 9.25. The first-order valence-corrected chi connectivity index (χ1v) is 9.25. The summed E-state index contributed by atoms with van der Waals surface area (Å²) in [7, 11) is 0. The Morgan fingerprint density at radius 1 is 1.15 bits per heavy atom. The third-order valence-electron chi connectivity index (χ3n) is 4.96. The van der Waals surface area contributed by atoms with E-state index < -0.39 is 0 Å². The lowest BCUT2D eigenvalue weighted by molar-refractivity contribution is 0.244. The summed E-state index contributed by atoms with van der Waals surface area (Å²) in [5.41, 5.74) is 2.28. The van der Waals surface area contributed by atoms with E-state index in [1.165, 1.54) is 6.42 Å². The molecule has 0 aromatic carbocycles. The van der Waals surface area contributed by atoms with Gasteiger partial charge in [0.2, 0.25) is 0 Å². The van der Waals surface area contributed by atoms with Crippen molar-refractivity contribution in [3.05, 3.63) is 65.9 Å². The Balaban J connectivity index is 1.58. The molecule has 1 atom stereocenters. The minimum atomic E-state index is 0.338. The summed E-state index contributed by atoms with van der Waals surface area (Å²) in [6.07, 6.45) is 10.9. The zero-order valence-corrected chi connectivity index (χ0v) is 15.3. The summed E-state index contributed by atoms with van der Waals surface area (Å²) in [4.78, 5) is 20.5. The number of aromatic nitrogens is 5. The molecule has 1 fully saturated rings. The molecule has 4 rings (SSSR count). The number of nitrogens with zero attached hydrogens (tertiary/aromatic N) is 6. The molecule has 0 radical (unpaired) electrons. The maximum Gasteiger partial charge on any atom is 0.138 e. The SMILES string of the molecule is CCc1nccn1-c1cccc([C@H]2CCCN2Cc2cnc(C)nc2)n1.